The first-order chi connectivity index (χ1) is 10.1. The van der Waals surface area contributed by atoms with Crippen LogP contribution in [0, 0.1) is 5.82 Å². The molecule has 0 radical (unpaired) electrons. The van der Waals surface area contributed by atoms with Crippen molar-refractivity contribution in [3.63, 3.8) is 0 Å². The van der Waals surface area contributed by atoms with Gasteiger partial charge in [0.05, 0.1) is 5.38 Å². The quantitative estimate of drug-likeness (QED) is 0.828. The number of halogens is 3. The van der Waals surface area contributed by atoms with Crippen LogP contribution in [0.25, 0.3) is 0 Å². The molecule has 3 rings (SSSR count). The molecule has 2 aromatic carbocycles. The van der Waals surface area contributed by atoms with E-state index in [1.54, 1.807) is 6.07 Å². The van der Waals surface area contributed by atoms with E-state index in [4.69, 9.17) is 23.2 Å². The van der Waals surface area contributed by atoms with Gasteiger partial charge in [0, 0.05) is 22.7 Å². The average molecular weight is 324 g/mol. The molecule has 1 N–H and O–H groups in total. The zero-order chi connectivity index (χ0) is 15.0. The number of amides is 1. The van der Waals surface area contributed by atoms with Crippen LogP contribution in [-0.4, -0.2) is 12.5 Å². The predicted molar refractivity (Wildman–Crippen MR) is 81.6 cm³/mol. The number of benzene rings is 2. The lowest BCUT2D eigenvalue weighted by atomic mass is 9.95. The Morgan fingerprint density at radius 3 is 2.81 bits per heavy atom. The highest BCUT2D eigenvalue weighted by molar-refractivity contribution is 6.31. The fraction of sp³-hybridized carbons (Fsp3) is 0.188. The van der Waals surface area contributed by atoms with Crippen molar-refractivity contribution in [2.45, 2.75) is 11.8 Å². The number of alkyl halides is 1. The molecule has 2 nitrogen and oxygen atoms in total. The monoisotopic (exact) mass is 323 g/mol. The third-order valence-corrected chi connectivity index (χ3v) is 4.30. The summed E-state index contributed by atoms with van der Waals surface area (Å²) in [6.45, 7) is 0.637. The van der Waals surface area contributed by atoms with Crippen LogP contribution in [0.3, 0.4) is 0 Å². The van der Waals surface area contributed by atoms with Gasteiger partial charge < -0.3 is 5.32 Å². The van der Waals surface area contributed by atoms with E-state index in [0.29, 0.717) is 28.3 Å². The summed E-state index contributed by atoms with van der Waals surface area (Å²) in [5.41, 5.74) is 2.57. The first-order valence-corrected chi connectivity index (χ1v) is 7.38. The Morgan fingerprint density at radius 1 is 1.19 bits per heavy atom. The molecule has 2 aromatic rings. The number of nitrogens with one attached hydrogen (secondary N) is 1. The van der Waals surface area contributed by atoms with Gasteiger partial charge >= 0.3 is 0 Å². The van der Waals surface area contributed by atoms with E-state index in [1.165, 1.54) is 18.2 Å². The highest BCUT2D eigenvalue weighted by atomic mass is 35.5. The maximum atomic E-state index is 13.9. The average Bonchev–Trinajstić information content (AvgIpc) is 2.49. The summed E-state index contributed by atoms with van der Waals surface area (Å²) in [5, 5.41) is 2.52. The van der Waals surface area contributed by atoms with Gasteiger partial charge in [-0.05, 0) is 41.8 Å². The van der Waals surface area contributed by atoms with Crippen LogP contribution < -0.4 is 5.32 Å². The molecular formula is C16H12Cl2FNO. The Hall–Kier alpha value is -1.58. The maximum absolute atomic E-state index is 13.9. The molecule has 0 aliphatic carbocycles. The van der Waals surface area contributed by atoms with E-state index < -0.39 is 11.2 Å². The molecule has 0 saturated carbocycles. The van der Waals surface area contributed by atoms with Crippen LogP contribution >= 0.6 is 23.2 Å². The summed E-state index contributed by atoms with van der Waals surface area (Å²) in [6.07, 6.45) is 0.791. The van der Waals surface area contributed by atoms with Crippen LogP contribution in [0.5, 0.6) is 0 Å². The second-order valence-corrected chi connectivity index (χ2v) is 5.82. The molecule has 1 aliphatic rings. The van der Waals surface area contributed by atoms with Crippen LogP contribution in [0.1, 0.15) is 32.4 Å². The largest absolute Gasteiger partial charge is 0.352 e. The lowest BCUT2D eigenvalue weighted by Gasteiger charge is -2.19. The summed E-state index contributed by atoms with van der Waals surface area (Å²) in [7, 11) is 0. The minimum absolute atomic E-state index is 0.117. The van der Waals surface area contributed by atoms with Crippen molar-refractivity contribution in [3.05, 3.63) is 69.5 Å². The van der Waals surface area contributed by atoms with Crippen molar-refractivity contribution >= 4 is 29.1 Å². The van der Waals surface area contributed by atoms with Gasteiger partial charge in [-0.25, -0.2) is 4.39 Å². The minimum atomic E-state index is -0.691. The molecule has 0 bridgehead atoms. The first-order valence-electron chi connectivity index (χ1n) is 6.56. The standard InChI is InChI=1S/C16H12Cl2FNO/c17-11-3-4-14(19)13(8-11)15(18)10-2-1-9-5-6-20-16(21)12(9)7-10/h1-4,7-8,15H,5-6H2,(H,20,21). The van der Waals surface area contributed by atoms with Gasteiger partial charge in [-0.1, -0.05) is 23.7 Å². The smallest absolute Gasteiger partial charge is 0.251 e. The van der Waals surface area contributed by atoms with Crippen molar-refractivity contribution in [3.8, 4) is 0 Å². The molecule has 1 aliphatic heterocycles. The first kappa shape index (κ1) is 14.4. The van der Waals surface area contributed by atoms with Gasteiger partial charge in [0.25, 0.3) is 5.91 Å². The molecule has 0 fully saturated rings. The second-order valence-electron chi connectivity index (χ2n) is 4.95. The Labute approximate surface area is 131 Å². The van der Waals surface area contributed by atoms with Crippen molar-refractivity contribution in [1.82, 2.24) is 5.32 Å². The molecule has 21 heavy (non-hydrogen) atoms. The van der Waals surface area contributed by atoms with Gasteiger partial charge in [0.15, 0.2) is 0 Å². The van der Waals surface area contributed by atoms with Gasteiger partial charge in [-0.15, -0.1) is 11.6 Å². The summed E-state index contributed by atoms with van der Waals surface area (Å²) in [4.78, 5) is 11.9. The molecule has 108 valence electrons. The number of hydrogen-bond acceptors (Lipinski definition) is 1. The van der Waals surface area contributed by atoms with E-state index in [1.807, 2.05) is 12.1 Å². The fourth-order valence-electron chi connectivity index (χ4n) is 2.48. The third kappa shape index (κ3) is 2.76. The van der Waals surface area contributed by atoms with Gasteiger partial charge in [-0.3, -0.25) is 4.79 Å². The van der Waals surface area contributed by atoms with Crippen molar-refractivity contribution < 1.29 is 9.18 Å². The van der Waals surface area contributed by atoms with Crippen LogP contribution in [0.2, 0.25) is 5.02 Å². The Bertz CT molecular complexity index is 717. The molecule has 1 amide bonds. The number of hydrogen-bond donors (Lipinski definition) is 1. The number of carbonyl (C=O) groups excluding carboxylic acids is 1. The van der Waals surface area contributed by atoms with Crippen molar-refractivity contribution in [1.29, 1.82) is 0 Å². The number of fused-ring (bicyclic) bond motifs is 1. The summed E-state index contributed by atoms with van der Waals surface area (Å²) in [6, 6.07) is 9.70. The fourth-order valence-corrected chi connectivity index (χ4v) is 2.96. The van der Waals surface area contributed by atoms with E-state index in [2.05, 4.69) is 5.32 Å². The SMILES string of the molecule is O=C1NCCc2ccc(C(Cl)c3cc(Cl)ccc3F)cc21. The second kappa shape index (κ2) is 5.66. The van der Waals surface area contributed by atoms with E-state index in [-0.39, 0.29) is 5.91 Å². The third-order valence-electron chi connectivity index (χ3n) is 3.58. The molecular weight excluding hydrogens is 312 g/mol. The minimum Gasteiger partial charge on any atom is -0.352 e. The van der Waals surface area contributed by atoms with E-state index in [0.717, 1.165) is 12.0 Å². The topological polar surface area (TPSA) is 29.1 Å². The Balaban J connectivity index is 2.02. The Morgan fingerprint density at radius 2 is 2.00 bits per heavy atom. The molecule has 1 heterocycles. The van der Waals surface area contributed by atoms with Crippen LogP contribution in [0.4, 0.5) is 4.39 Å². The number of rotatable bonds is 2. The van der Waals surface area contributed by atoms with Crippen LogP contribution in [-0.2, 0) is 6.42 Å². The highest BCUT2D eigenvalue weighted by Crippen LogP contribution is 2.33. The molecule has 0 spiro atoms. The molecule has 5 heteroatoms. The lowest BCUT2D eigenvalue weighted by Crippen LogP contribution is -2.31. The Kier molecular flexibility index (Phi) is 3.87. The highest BCUT2D eigenvalue weighted by Gasteiger charge is 2.21. The summed E-state index contributed by atoms with van der Waals surface area (Å²) < 4.78 is 13.9. The molecule has 0 aromatic heterocycles. The zero-order valence-electron chi connectivity index (χ0n) is 11.0. The number of carbonyl (C=O) groups is 1. The summed E-state index contributed by atoms with van der Waals surface area (Å²) in [5.74, 6) is -0.532. The molecule has 1 atom stereocenters. The predicted octanol–water partition coefficient (Wildman–Crippen LogP) is 4.09. The van der Waals surface area contributed by atoms with E-state index in [9.17, 15) is 9.18 Å². The van der Waals surface area contributed by atoms with E-state index >= 15 is 0 Å². The molecule has 0 saturated heterocycles. The van der Waals surface area contributed by atoms with Crippen LogP contribution in [0.15, 0.2) is 36.4 Å². The zero-order valence-corrected chi connectivity index (χ0v) is 12.5. The molecule has 1 unspecified atom stereocenters. The summed E-state index contributed by atoms with van der Waals surface area (Å²) >= 11 is 12.3. The van der Waals surface area contributed by atoms with Crippen molar-refractivity contribution in [2.75, 3.05) is 6.54 Å². The van der Waals surface area contributed by atoms with Gasteiger partial charge in [-0.2, -0.15) is 0 Å². The maximum Gasteiger partial charge on any atom is 0.251 e. The normalized spacial score (nSPS) is 15.3. The van der Waals surface area contributed by atoms with Gasteiger partial charge in [0.2, 0.25) is 0 Å². The van der Waals surface area contributed by atoms with Gasteiger partial charge in [0.1, 0.15) is 5.82 Å². The van der Waals surface area contributed by atoms with Crippen molar-refractivity contribution in [2.24, 2.45) is 0 Å². The lowest BCUT2D eigenvalue weighted by molar-refractivity contribution is 0.0946.